The molecule has 0 radical (unpaired) electrons. The van der Waals surface area contributed by atoms with Gasteiger partial charge in [0.2, 0.25) is 5.91 Å². The van der Waals surface area contributed by atoms with Gasteiger partial charge in [-0.25, -0.2) is 4.79 Å². The van der Waals surface area contributed by atoms with Crippen molar-refractivity contribution in [3.05, 3.63) is 69.6 Å². The number of carbonyl (C=O) groups excluding carboxylic acids is 1. The molecule has 3 rings (SSSR count). The second-order valence-corrected chi connectivity index (χ2v) is 5.94. The van der Waals surface area contributed by atoms with Crippen LogP contribution in [-0.4, -0.2) is 15.0 Å². The molecule has 0 bridgehead atoms. The molecule has 2 aromatic carbocycles. The second-order valence-electron chi connectivity index (χ2n) is 5.51. The molecule has 3 aromatic rings. The van der Waals surface area contributed by atoms with Crippen LogP contribution >= 0.6 is 11.6 Å². The van der Waals surface area contributed by atoms with Gasteiger partial charge in [-0.2, -0.15) is 0 Å². The van der Waals surface area contributed by atoms with Crippen LogP contribution in [0.5, 0.6) is 0 Å². The first kappa shape index (κ1) is 16.3. The first-order chi connectivity index (χ1) is 11.6. The Kier molecular flexibility index (Phi) is 4.71. The maximum Gasteiger partial charge on any atom is 0.329 e. The highest BCUT2D eigenvalue weighted by Gasteiger charge is 2.14. The monoisotopic (exact) mass is 343 g/mol. The summed E-state index contributed by atoms with van der Waals surface area (Å²) in [5, 5.41) is 3.46. The lowest BCUT2D eigenvalue weighted by molar-refractivity contribution is -0.121. The molecule has 1 amide bonds. The zero-order valence-electron chi connectivity index (χ0n) is 13.3. The number of nitrogens with zero attached hydrogens (tertiary/aromatic N) is 2. The number of halogens is 1. The van der Waals surface area contributed by atoms with Crippen LogP contribution in [0, 0.1) is 0 Å². The standard InChI is InChI=1S/C18H18ClN3O2/c1-2-21-15-8-3-4-9-16(15)22(18(21)24)12-17(23)20-11-13-6-5-7-14(19)10-13/h3-10H,2,11-12H2,1H3,(H,20,23). The minimum absolute atomic E-state index is 0.00703. The van der Waals surface area contributed by atoms with Crippen molar-refractivity contribution in [3.63, 3.8) is 0 Å². The molecule has 0 atom stereocenters. The highest BCUT2D eigenvalue weighted by atomic mass is 35.5. The van der Waals surface area contributed by atoms with Crippen LogP contribution in [-0.2, 0) is 24.4 Å². The first-order valence-electron chi connectivity index (χ1n) is 7.79. The van der Waals surface area contributed by atoms with Crippen LogP contribution in [0.1, 0.15) is 12.5 Å². The number of carbonyl (C=O) groups is 1. The molecule has 1 aromatic heterocycles. The van der Waals surface area contributed by atoms with Gasteiger partial charge in [-0.3, -0.25) is 13.9 Å². The van der Waals surface area contributed by atoms with Gasteiger partial charge >= 0.3 is 5.69 Å². The number of rotatable bonds is 5. The van der Waals surface area contributed by atoms with Crippen molar-refractivity contribution in [2.24, 2.45) is 0 Å². The third-order valence-corrected chi connectivity index (χ3v) is 4.16. The third-order valence-electron chi connectivity index (χ3n) is 3.92. The number of benzene rings is 2. The predicted molar refractivity (Wildman–Crippen MR) is 95.2 cm³/mol. The molecule has 0 saturated heterocycles. The van der Waals surface area contributed by atoms with E-state index in [2.05, 4.69) is 5.32 Å². The number of aromatic nitrogens is 2. The zero-order chi connectivity index (χ0) is 17.1. The minimum Gasteiger partial charge on any atom is -0.350 e. The van der Waals surface area contributed by atoms with E-state index >= 15 is 0 Å². The highest BCUT2D eigenvalue weighted by molar-refractivity contribution is 6.30. The first-order valence-corrected chi connectivity index (χ1v) is 8.17. The van der Waals surface area contributed by atoms with Crippen LogP contribution in [0.2, 0.25) is 5.02 Å². The van der Waals surface area contributed by atoms with E-state index in [9.17, 15) is 9.59 Å². The van der Waals surface area contributed by atoms with E-state index in [0.29, 0.717) is 18.1 Å². The molecule has 24 heavy (non-hydrogen) atoms. The topological polar surface area (TPSA) is 56.0 Å². The molecular formula is C18H18ClN3O2. The summed E-state index contributed by atoms with van der Waals surface area (Å²) in [4.78, 5) is 24.8. The number of amides is 1. The molecule has 5 nitrogen and oxygen atoms in total. The van der Waals surface area contributed by atoms with Gasteiger partial charge in [-0.15, -0.1) is 0 Å². The van der Waals surface area contributed by atoms with Gasteiger partial charge in [0.15, 0.2) is 0 Å². The molecule has 0 aliphatic rings. The fourth-order valence-electron chi connectivity index (χ4n) is 2.78. The quantitative estimate of drug-likeness (QED) is 0.774. The Balaban J connectivity index is 1.78. The van der Waals surface area contributed by atoms with Crippen molar-refractivity contribution in [3.8, 4) is 0 Å². The lowest BCUT2D eigenvalue weighted by atomic mass is 10.2. The molecule has 6 heteroatoms. The summed E-state index contributed by atoms with van der Waals surface area (Å²) in [7, 11) is 0. The van der Waals surface area contributed by atoms with Crippen molar-refractivity contribution in [1.29, 1.82) is 0 Å². The largest absolute Gasteiger partial charge is 0.350 e. The van der Waals surface area contributed by atoms with Crippen LogP contribution in [0.25, 0.3) is 11.0 Å². The lowest BCUT2D eigenvalue weighted by Crippen LogP contribution is -2.32. The number of hydrogen-bond donors (Lipinski definition) is 1. The van der Waals surface area contributed by atoms with E-state index in [1.54, 1.807) is 16.7 Å². The van der Waals surface area contributed by atoms with Crippen LogP contribution in [0.3, 0.4) is 0 Å². The van der Waals surface area contributed by atoms with E-state index in [1.807, 2.05) is 43.3 Å². The molecule has 0 aliphatic carbocycles. The SMILES string of the molecule is CCn1c(=O)n(CC(=O)NCc2cccc(Cl)c2)c2ccccc21. The molecule has 0 saturated carbocycles. The zero-order valence-corrected chi connectivity index (χ0v) is 14.1. The smallest absolute Gasteiger partial charge is 0.329 e. The molecule has 0 aliphatic heterocycles. The van der Waals surface area contributed by atoms with E-state index in [1.165, 1.54) is 4.57 Å². The van der Waals surface area contributed by atoms with E-state index in [0.717, 1.165) is 16.6 Å². The van der Waals surface area contributed by atoms with Gasteiger partial charge in [0.05, 0.1) is 11.0 Å². The normalized spacial score (nSPS) is 10.9. The molecule has 0 spiro atoms. The van der Waals surface area contributed by atoms with Crippen molar-refractivity contribution in [1.82, 2.24) is 14.5 Å². The van der Waals surface area contributed by atoms with Gasteiger partial charge in [0.1, 0.15) is 6.54 Å². The van der Waals surface area contributed by atoms with Crippen LogP contribution in [0.4, 0.5) is 0 Å². The van der Waals surface area contributed by atoms with Crippen molar-refractivity contribution >= 4 is 28.5 Å². The number of nitrogens with one attached hydrogen (secondary N) is 1. The van der Waals surface area contributed by atoms with E-state index < -0.39 is 0 Å². The van der Waals surface area contributed by atoms with Crippen LogP contribution < -0.4 is 11.0 Å². The number of imidazole rings is 1. The molecule has 0 unspecified atom stereocenters. The predicted octanol–water partition coefficient (Wildman–Crippen LogP) is 2.79. The Morgan fingerprint density at radius 3 is 2.46 bits per heavy atom. The number of hydrogen-bond acceptors (Lipinski definition) is 2. The lowest BCUT2D eigenvalue weighted by Gasteiger charge is -2.07. The molecule has 0 fully saturated rings. The Bertz CT molecular complexity index is 943. The van der Waals surface area contributed by atoms with Gasteiger partial charge in [-0.05, 0) is 36.8 Å². The maximum atomic E-state index is 12.5. The number of para-hydroxylation sites is 2. The Hall–Kier alpha value is -2.53. The Morgan fingerprint density at radius 1 is 1.08 bits per heavy atom. The number of aryl methyl sites for hydroxylation is 1. The maximum absolute atomic E-state index is 12.5. The van der Waals surface area contributed by atoms with Crippen LogP contribution in [0.15, 0.2) is 53.3 Å². The molecule has 1 N–H and O–H groups in total. The fourth-order valence-corrected chi connectivity index (χ4v) is 2.99. The Labute approximate surface area is 144 Å². The number of fused-ring (bicyclic) bond motifs is 1. The summed E-state index contributed by atoms with van der Waals surface area (Å²) < 4.78 is 3.17. The fraction of sp³-hybridized carbons (Fsp3) is 0.222. The molecule has 1 heterocycles. The summed E-state index contributed by atoms with van der Waals surface area (Å²) in [6.07, 6.45) is 0. The van der Waals surface area contributed by atoms with Crippen molar-refractivity contribution in [2.75, 3.05) is 0 Å². The minimum atomic E-state index is -0.212. The molecular weight excluding hydrogens is 326 g/mol. The average Bonchev–Trinajstić information content (AvgIpc) is 2.85. The summed E-state index contributed by atoms with van der Waals surface area (Å²) in [5.41, 5.74) is 2.35. The summed E-state index contributed by atoms with van der Waals surface area (Å²) in [6, 6.07) is 14.8. The van der Waals surface area contributed by atoms with Gasteiger partial charge in [0.25, 0.3) is 0 Å². The Morgan fingerprint density at radius 2 is 1.79 bits per heavy atom. The van der Waals surface area contributed by atoms with E-state index in [4.69, 9.17) is 11.6 Å². The second kappa shape index (κ2) is 6.93. The molecule has 124 valence electrons. The summed E-state index contributed by atoms with van der Waals surface area (Å²) in [6.45, 7) is 2.85. The summed E-state index contributed by atoms with van der Waals surface area (Å²) >= 11 is 5.93. The van der Waals surface area contributed by atoms with Gasteiger partial charge < -0.3 is 5.32 Å². The average molecular weight is 344 g/mol. The highest BCUT2D eigenvalue weighted by Crippen LogP contribution is 2.13. The van der Waals surface area contributed by atoms with Crippen molar-refractivity contribution in [2.45, 2.75) is 26.6 Å². The van der Waals surface area contributed by atoms with E-state index in [-0.39, 0.29) is 18.1 Å². The van der Waals surface area contributed by atoms with Crippen molar-refractivity contribution < 1.29 is 4.79 Å². The van der Waals surface area contributed by atoms with Gasteiger partial charge in [-0.1, -0.05) is 35.9 Å². The third kappa shape index (κ3) is 3.21. The van der Waals surface area contributed by atoms with Gasteiger partial charge in [0, 0.05) is 18.1 Å². The summed E-state index contributed by atoms with van der Waals surface area (Å²) in [5.74, 6) is -0.212.